The molecule has 6 nitrogen and oxygen atoms in total. The van der Waals surface area contributed by atoms with Crippen LogP contribution in [0.15, 0.2) is 0 Å². The van der Waals surface area contributed by atoms with E-state index in [0.29, 0.717) is 19.3 Å². The molecule has 61 heavy (non-hydrogen) atoms. The third kappa shape index (κ3) is 41.2. The van der Waals surface area contributed by atoms with Crippen LogP contribution in [0.5, 0.6) is 0 Å². The highest BCUT2D eigenvalue weighted by Gasteiger charge is 2.38. The predicted molar refractivity (Wildman–Crippen MR) is 261 cm³/mol. The number of hydrogen-bond donors (Lipinski definition) is 2. The lowest BCUT2D eigenvalue weighted by Crippen LogP contribution is -2.48. The van der Waals surface area contributed by atoms with Crippen LogP contribution in [-0.2, 0) is 19.1 Å². The Labute approximate surface area is 380 Å². The first-order chi connectivity index (χ1) is 29.9. The van der Waals surface area contributed by atoms with E-state index in [1.54, 1.807) is 0 Å². The van der Waals surface area contributed by atoms with Gasteiger partial charge in [-0.05, 0) is 19.3 Å². The number of esters is 1. The second-order valence-corrected chi connectivity index (χ2v) is 19.2. The summed E-state index contributed by atoms with van der Waals surface area (Å²) in [6, 6.07) is 0. The lowest BCUT2D eigenvalue weighted by molar-refractivity contribution is -0.170. The molecule has 0 saturated carbocycles. The summed E-state index contributed by atoms with van der Waals surface area (Å²) in [5.74, 6) is -1.45. The summed E-state index contributed by atoms with van der Waals surface area (Å²) < 4.78 is 5.60. The van der Waals surface area contributed by atoms with E-state index in [2.05, 4.69) is 20.8 Å². The average molecular weight is 863 g/mol. The Morgan fingerprint density at radius 2 is 0.475 bits per heavy atom. The van der Waals surface area contributed by atoms with Crippen LogP contribution in [0.25, 0.3) is 0 Å². The molecule has 0 spiro atoms. The molecule has 362 valence electrons. The van der Waals surface area contributed by atoms with Crippen molar-refractivity contribution in [1.82, 2.24) is 0 Å². The third-order valence-corrected chi connectivity index (χ3v) is 13.1. The zero-order chi connectivity index (χ0) is 44.7. The van der Waals surface area contributed by atoms with Gasteiger partial charge in [0.1, 0.15) is 0 Å². The molecule has 0 aromatic carbocycles. The molecule has 6 heteroatoms. The van der Waals surface area contributed by atoms with E-state index in [4.69, 9.17) is 4.74 Å². The fourth-order valence-corrected chi connectivity index (χ4v) is 8.80. The Morgan fingerprint density at radius 1 is 0.295 bits per heavy atom. The van der Waals surface area contributed by atoms with Crippen LogP contribution in [0, 0.1) is 0 Å². The number of aliphatic hydroxyl groups is 2. The Morgan fingerprint density at radius 3 is 0.689 bits per heavy atom. The number of unbranched alkanes of at least 4 members (excludes halogenated alkanes) is 40. The smallest absolute Gasteiger partial charge is 0.306 e. The van der Waals surface area contributed by atoms with Crippen LogP contribution in [0.1, 0.15) is 316 Å². The highest BCUT2D eigenvalue weighted by molar-refractivity contribution is 5.88. The van der Waals surface area contributed by atoms with E-state index >= 15 is 0 Å². The molecule has 2 unspecified atom stereocenters. The minimum absolute atomic E-state index is 0.159. The fraction of sp³-hybridized carbons (Fsp3) is 0.945. The van der Waals surface area contributed by atoms with Gasteiger partial charge in [0.15, 0.2) is 29.9 Å². The second-order valence-electron chi connectivity index (χ2n) is 19.2. The Hall–Kier alpha value is -1.27. The van der Waals surface area contributed by atoms with Crippen LogP contribution in [0.3, 0.4) is 0 Å². The standard InChI is InChI=1S/C55H106O6/c1-4-7-10-13-16-19-22-25-27-30-32-35-38-41-44-47-50(56)53(59)55(61-52(58)49-46-43-40-37-34-29-24-21-18-15-12-9-6-3)54(60)51(57)48-45-42-39-36-33-31-28-26-23-20-17-14-11-8-5-2/h53-55,59-60H,4-49H2,1-3H3. The van der Waals surface area contributed by atoms with Gasteiger partial charge in [-0.1, -0.05) is 278 Å². The van der Waals surface area contributed by atoms with Crippen LogP contribution in [0.4, 0.5) is 0 Å². The number of hydrogen-bond acceptors (Lipinski definition) is 6. The van der Waals surface area contributed by atoms with Gasteiger partial charge < -0.3 is 14.9 Å². The molecule has 0 saturated heterocycles. The van der Waals surface area contributed by atoms with Crippen molar-refractivity contribution >= 4 is 17.5 Å². The van der Waals surface area contributed by atoms with E-state index in [1.807, 2.05) is 0 Å². The van der Waals surface area contributed by atoms with E-state index in [1.165, 1.54) is 199 Å². The Balaban J connectivity index is 4.58. The molecule has 0 rings (SSSR count). The molecule has 0 radical (unpaired) electrons. The van der Waals surface area contributed by atoms with E-state index in [0.717, 1.165) is 57.8 Å². The van der Waals surface area contributed by atoms with E-state index in [-0.39, 0.29) is 19.3 Å². The van der Waals surface area contributed by atoms with Crippen molar-refractivity contribution in [1.29, 1.82) is 0 Å². The molecule has 2 atom stereocenters. The maximum absolute atomic E-state index is 13.2. The van der Waals surface area contributed by atoms with Crippen molar-refractivity contribution in [3.63, 3.8) is 0 Å². The number of carbonyl (C=O) groups excluding carboxylic acids is 3. The van der Waals surface area contributed by atoms with Gasteiger partial charge in [0.2, 0.25) is 0 Å². The largest absolute Gasteiger partial charge is 0.456 e. The maximum atomic E-state index is 13.2. The number of Topliss-reactive ketones (excluding diaryl/α,β-unsaturated/α-hetero) is 2. The molecule has 0 aromatic heterocycles. The summed E-state index contributed by atoms with van der Waals surface area (Å²) in [5, 5.41) is 22.2. The molecule has 0 aliphatic heterocycles. The van der Waals surface area contributed by atoms with Crippen LogP contribution in [-0.4, -0.2) is 46.1 Å². The summed E-state index contributed by atoms with van der Waals surface area (Å²) in [5.41, 5.74) is 0. The van der Waals surface area contributed by atoms with Crippen LogP contribution >= 0.6 is 0 Å². The van der Waals surface area contributed by atoms with Crippen LogP contribution < -0.4 is 0 Å². The zero-order valence-electron chi connectivity index (χ0n) is 41.3. The topological polar surface area (TPSA) is 101 Å². The minimum atomic E-state index is -1.69. The van der Waals surface area contributed by atoms with Crippen LogP contribution in [0.2, 0.25) is 0 Å². The number of aliphatic hydroxyl groups excluding tert-OH is 2. The molecule has 0 amide bonds. The number of ether oxygens (including phenoxy) is 1. The molecular weight excluding hydrogens is 757 g/mol. The van der Waals surface area contributed by atoms with E-state index < -0.39 is 35.8 Å². The Bertz CT molecular complexity index is 883. The van der Waals surface area contributed by atoms with Gasteiger partial charge in [0.25, 0.3) is 0 Å². The zero-order valence-corrected chi connectivity index (χ0v) is 41.3. The quantitative estimate of drug-likeness (QED) is 0.0467. The SMILES string of the molecule is CCCCCCCCCCCCCCCCCC(=O)C(O)C(OC(=O)CCCCCCCCCCCCCCC)C(O)C(=O)CCCCCCCCCCCCCCCCC. The summed E-state index contributed by atoms with van der Waals surface area (Å²) >= 11 is 0. The lowest BCUT2D eigenvalue weighted by Gasteiger charge is -2.26. The molecular formula is C55H106O6. The van der Waals surface area contributed by atoms with Gasteiger partial charge in [-0.3, -0.25) is 14.4 Å². The van der Waals surface area contributed by atoms with Gasteiger partial charge in [0.05, 0.1) is 0 Å². The van der Waals surface area contributed by atoms with Crippen molar-refractivity contribution in [3.05, 3.63) is 0 Å². The highest BCUT2D eigenvalue weighted by Crippen LogP contribution is 2.20. The fourth-order valence-electron chi connectivity index (χ4n) is 8.80. The first kappa shape index (κ1) is 59.7. The summed E-state index contributed by atoms with van der Waals surface area (Å²) in [6.45, 7) is 6.78. The summed E-state index contributed by atoms with van der Waals surface area (Å²) in [6.07, 6.45) is 48.1. The molecule has 2 N–H and O–H groups in total. The van der Waals surface area contributed by atoms with Crippen molar-refractivity contribution < 1.29 is 29.3 Å². The second kappa shape index (κ2) is 48.2. The van der Waals surface area contributed by atoms with Crippen molar-refractivity contribution in [2.45, 2.75) is 334 Å². The number of carbonyl (C=O) groups is 3. The highest BCUT2D eigenvalue weighted by atomic mass is 16.6. The molecule has 0 aromatic rings. The number of ketones is 2. The monoisotopic (exact) mass is 863 g/mol. The van der Waals surface area contributed by atoms with Crippen molar-refractivity contribution in [2.75, 3.05) is 0 Å². The normalized spacial score (nSPS) is 13.1. The first-order valence-electron chi connectivity index (χ1n) is 27.5. The first-order valence-corrected chi connectivity index (χ1v) is 27.5. The number of rotatable bonds is 51. The van der Waals surface area contributed by atoms with Gasteiger partial charge in [-0.25, -0.2) is 0 Å². The molecule has 0 aliphatic rings. The molecule has 0 aliphatic carbocycles. The molecule has 0 bridgehead atoms. The summed E-state index contributed by atoms with van der Waals surface area (Å²) in [4.78, 5) is 39.3. The van der Waals surface area contributed by atoms with Crippen molar-refractivity contribution in [2.24, 2.45) is 0 Å². The van der Waals surface area contributed by atoms with E-state index in [9.17, 15) is 24.6 Å². The van der Waals surface area contributed by atoms with Gasteiger partial charge in [0, 0.05) is 19.3 Å². The van der Waals surface area contributed by atoms with Gasteiger partial charge >= 0.3 is 5.97 Å². The maximum Gasteiger partial charge on any atom is 0.306 e. The van der Waals surface area contributed by atoms with Gasteiger partial charge in [-0.15, -0.1) is 0 Å². The van der Waals surface area contributed by atoms with Crippen molar-refractivity contribution in [3.8, 4) is 0 Å². The summed E-state index contributed by atoms with van der Waals surface area (Å²) in [7, 11) is 0. The predicted octanol–water partition coefficient (Wildman–Crippen LogP) is 16.8. The molecule has 0 heterocycles. The third-order valence-electron chi connectivity index (χ3n) is 13.1. The molecule has 0 fully saturated rings. The minimum Gasteiger partial charge on any atom is -0.456 e. The Kier molecular flexibility index (Phi) is 47.2. The lowest BCUT2D eigenvalue weighted by atomic mass is 9.95. The van der Waals surface area contributed by atoms with Gasteiger partial charge in [-0.2, -0.15) is 0 Å². The average Bonchev–Trinajstić information content (AvgIpc) is 3.26.